The number of ether oxygens (including phenoxy) is 1. The summed E-state index contributed by atoms with van der Waals surface area (Å²) in [6.45, 7) is 3.52. The van der Waals surface area contributed by atoms with Gasteiger partial charge in [-0.3, -0.25) is 0 Å². The van der Waals surface area contributed by atoms with E-state index in [1.54, 1.807) is 6.07 Å². The van der Waals surface area contributed by atoms with Crippen LogP contribution in [0.15, 0.2) is 22.7 Å². The first kappa shape index (κ1) is 14.0. The standard InChI is InChI=1S/C14H19BrFNO/c1-17(8-11-4-3-7-18-10-11)9-12-5-2-6-13(16)14(12)15/h2,5-6,11H,3-4,7-10H2,1H3. The average Bonchev–Trinajstić information content (AvgIpc) is 2.36. The highest BCUT2D eigenvalue weighted by Crippen LogP contribution is 2.22. The fraction of sp³-hybridized carbons (Fsp3) is 0.571. The van der Waals surface area contributed by atoms with E-state index < -0.39 is 0 Å². The van der Waals surface area contributed by atoms with Crippen LogP contribution in [-0.4, -0.2) is 31.7 Å². The van der Waals surface area contributed by atoms with Crippen LogP contribution in [0, 0.1) is 11.7 Å². The molecule has 0 aromatic heterocycles. The molecule has 1 atom stereocenters. The molecule has 0 bridgehead atoms. The Kier molecular flexibility index (Phi) is 5.15. The first-order valence-electron chi connectivity index (χ1n) is 6.36. The Labute approximate surface area is 116 Å². The van der Waals surface area contributed by atoms with Crippen LogP contribution >= 0.6 is 15.9 Å². The second kappa shape index (κ2) is 6.64. The molecule has 1 aliphatic heterocycles. The Morgan fingerprint density at radius 1 is 1.50 bits per heavy atom. The van der Waals surface area contributed by atoms with Crippen molar-refractivity contribution in [1.29, 1.82) is 0 Å². The summed E-state index contributed by atoms with van der Waals surface area (Å²) in [5.41, 5.74) is 0.995. The Hall–Kier alpha value is -0.450. The van der Waals surface area contributed by atoms with Crippen LogP contribution in [0.5, 0.6) is 0 Å². The van der Waals surface area contributed by atoms with Crippen molar-refractivity contribution in [2.75, 3.05) is 26.8 Å². The molecule has 0 spiro atoms. The molecule has 1 unspecified atom stereocenters. The first-order chi connectivity index (χ1) is 8.66. The second-order valence-corrected chi connectivity index (χ2v) is 5.79. The molecule has 1 aromatic carbocycles. The maximum absolute atomic E-state index is 13.4. The zero-order valence-corrected chi connectivity index (χ0v) is 12.2. The maximum Gasteiger partial charge on any atom is 0.137 e. The largest absolute Gasteiger partial charge is 0.381 e. The minimum atomic E-state index is -0.193. The van der Waals surface area contributed by atoms with E-state index in [1.807, 2.05) is 6.07 Å². The Bertz CT molecular complexity index is 393. The Morgan fingerprint density at radius 2 is 2.33 bits per heavy atom. The van der Waals surface area contributed by atoms with Crippen LogP contribution in [0.2, 0.25) is 0 Å². The van der Waals surface area contributed by atoms with Crippen molar-refractivity contribution >= 4 is 15.9 Å². The molecular formula is C14H19BrFNO. The van der Waals surface area contributed by atoms with Crippen molar-refractivity contribution in [3.05, 3.63) is 34.1 Å². The van der Waals surface area contributed by atoms with Crippen LogP contribution in [0.25, 0.3) is 0 Å². The van der Waals surface area contributed by atoms with Crippen LogP contribution in [0.1, 0.15) is 18.4 Å². The molecule has 1 fully saturated rings. The predicted octanol–water partition coefficient (Wildman–Crippen LogP) is 3.45. The zero-order valence-electron chi connectivity index (χ0n) is 10.7. The molecule has 2 nitrogen and oxygen atoms in total. The highest BCUT2D eigenvalue weighted by Gasteiger charge is 2.16. The summed E-state index contributed by atoms with van der Waals surface area (Å²) in [6, 6.07) is 5.19. The summed E-state index contributed by atoms with van der Waals surface area (Å²) >= 11 is 3.31. The fourth-order valence-corrected chi connectivity index (χ4v) is 2.81. The van der Waals surface area contributed by atoms with E-state index >= 15 is 0 Å². The summed E-state index contributed by atoms with van der Waals surface area (Å²) in [5.74, 6) is 0.415. The van der Waals surface area contributed by atoms with Crippen molar-refractivity contribution in [1.82, 2.24) is 4.90 Å². The third-order valence-corrected chi connectivity index (χ3v) is 4.18. The summed E-state index contributed by atoms with van der Waals surface area (Å²) < 4.78 is 19.5. The van der Waals surface area contributed by atoms with Crippen molar-refractivity contribution in [3.63, 3.8) is 0 Å². The van der Waals surface area contributed by atoms with Gasteiger partial charge in [-0.2, -0.15) is 0 Å². The Balaban J connectivity index is 1.90. The van der Waals surface area contributed by atoms with Gasteiger partial charge in [0.15, 0.2) is 0 Å². The number of benzene rings is 1. The molecule has 1 aromatic rings. The molecule has 0 N–H and O–H groups in total. The van der Waals surface area contributed by atoms with E-state index in [9.17, 15) is 4.39 Å². The molecule has 2 rings (SSSR count). The number of rotatable bonds is 4. The molecule has 4 heteroatoms. The van der Waals surface area contributed by atoms with Gasteiger partial charge in [0.2, 0.25) is 0 Å². The molecule has 18 heavy (non-hydrogen) atoms. The highest BCUT2D eigenvalue weighted by molar-refractivity contribution is 9.10. The highest BCUT2D eigenvalue weighted by atomic mass is 79.9. The summed E-state index contributed by atoms with van der Waals surface area (Å²) in [6.07, 6.45) is 2.39. The minimum Gasteiger partial charge on any atom is -0.381 e. The van der Waals surface area contributed by atoms with E-state index in [0.717, 1.165) is 38.3 Å². The Morgan fingerprint density at radius 3 is 3.06 bits per heavy atom. The monoisotopic (exact) mass is 315 g/mol. The quantitative estimate of drug-likeness (QED) is 0.844. The third kappa shape index (κ3) is 3.77. The lowest BCUT2D eigenvalue weighted by atomic mass is 10.0. The van der Waals surface area contributed by atoms with Gasteiger partial charge in [-0.15, -0.1) is 0 Å². The number of hydrogen-bond donors (Lipinski definition) is 0. The van der Waals surface area contributed by atoms with Gasteiger partial charge in [0.05, 0.1) is 11.1 Å². The van der Waals surface area contributed by atoms with Crippen LogP contribution in [0.3, 0.4) is 0 Å². The van der Waals surface area contributed by atoms with Crippen molar-refractivity contribution < 1.29 is 9.13 Å². The van der Waals surface area contributed by atoms with Gasteiger partial charge in [-0.05, 0) is 53.4 Å². The lowest BCUT2D eigenvalue weighted by Gasteiger charge is -2.27. The molecule has 1 heterocycles. The molecule has 100 valence electrons. The van der Waals surface area contributed by atoms with Crippen LogP contribution in [0.4, 0.5) is 4.39 Å². The van der Waals surface area contributed by atoms with Gasteiger partial charge in [-0.25, -0.2) is 4.39 Å². The fourth-order valence-electron chi connectivity index (χ4n) is 2.42. The lowest BCUT2D eigenvalue weighted by Crippen LogP contribution is -2.30. The van der Waals surface area contributed by atoms with Gasteiger partial charge in [0.1, 0.15) is 5.82 Å². The molecule has 0 radical (unpaired) electrons. The molecule has 0 saturated carbocycles. The smallest absolute Gasteiger partial charge is 0.137 e. The molecule has 1 saturated heterocycles. The van der Waals surface area contributed by atoms with Gasteiger partial charge < -0.3 is 9.64 Å². The van der Waals surface area contributed by atoms with E-state index in [2.05, 4.69) is 27.9 Å². The van der Waals surface area contributed by atoms with Crippen molar-refractivity contribution in [2.45, 2.75) is 19.4 Å². The maximum atomic E-state index is 13.4. The van der Waals surface area contributed by atoms with E-state index in [0.29, 0.717) is 10.4 Å². The van der Waals surface area contributed by atoms with Gasteiger partial charge in [-0.1, -0.05) is 12.1 Å². The van der Waals surface area contributed by atoms with E-state index in [-0.39, 0.29) is 5.82 Å². The first-order valence-corrected chi connectivity index (χ1v) is 7.15. The van der Waals surface area contributed by atoms with E-state index in [1.165, 1.54) is 12.5 Å². The topological polar surface area (TPSA) is 12.5 Å². The SMILES string of the molecule is CN(Cc1cccc(F)c1Br)CC1CCCOC1. The second-order valence-electron chi connectivity index (χ2n) is 4.99. The molecule has 0 aliphatic carbocycles. The third-order valence-electron chi connectivity index (χ3n) is 3.30. The lowest BCUT2D eigenvalue weighted by molar-refractivity contribution is 0.0411. The average molecular weight is 316 g/mol. The van der Waals surface area contributed by atoms with Gasteiger partial charge in [0.25, 0.3) is 0 Å². The van der Waals surface area contributed by atoms with Crippen LogP contribution in [-0.2, 0) is 11.3 Å². The number of hydrogen-bond acceptors (Lipinski definition) is 2. The number of halogens is 2. The molecule has 1 aliphatic rings. The summed E-state index contributed by atoms with van der Waals surface area (Å²) in [5, 5.41) is 0. The van der Waals surface area contributed by atoms with Gasteiger partial charge in [0, 0.05) is 19.7 Å². The summed E-state index contributed by atoms with van der Waals surface area (Å²) in [7, 11) is 2.08. The normalized spacial score (nSPS) is 20.3. The number of nitrogens with zero attached hydrogens (tertiary/aromatic N) is 1. The van der Waals surface area contributed by atoms with Crippen molar-refractivity contribution in [2.24, 2.45) is 5.92 Å². The molecular weight excluding hydrogens is 297 g/mol. The van der Waals surface area contributed by atoms with Crippen molar-refractivity contribution in [3.8, 4) is 0 Å². The zero-order chi connectivity index (χ0) is 13.0. The predicted molar refractivity (Wildman–Crippen MR) is 74.0 cm³/mol. The van der Waals surface area contributed by atoms with Gasteiger partial charge >= 0.3 is 0 Å². The van der Waals surface area contributed by atoms with E-state index in [4.69, 9.17) is 4.74 Å². The molecule has 0 amide bonds. The summed E-state index contributed by atoms with van der Waals surface area (Å²) in [4.78, 5) is 2.24. The minimum absolute atomic E-state index is 0.193. The van der Waals surface area contributed by atoms with Crippen LogP contribution < -0.4 is 0 Å².